The van der Waals surface area contributed by atoms with Gasteiger partial charge < -0.3 is 34.3 Å². The molecular formula is C47H58FN7O6. The van der Waals surface area contributed by atoms with Crippen molar-refractivity contribution in [3.05, 3.63) is 77.1 Å². The molecule has 0 bridgehead atoms. The zero-order chi connectivity index (χ0) is 42.6. The molecule has 2 atom stereocenters. The number of carbonyl (C=O) groups excluding carboxylic acids is 4. The number of anilines is 3. The Balaban J connectivity index is 0.723. The lowest BCUT2D eigenvalue weighted by atomic mass is 9.70. The summed E-state index contributed by atoms with van der Waals surface area (Å²) in [5.74, 6) is 0.248. The van der Waals surface area contributed by atoms with Gasteiger partial charge in [-0.3, -0.25) is 29.4 Å². The molecule has 6 aliphatic rings. The maximum atomic E-state index is 16.2. The molecule has 5 saturated heterocycles. The van der Waals surface area contributed by atoms with Crippen molar-refractivity contribution < 1.29 is 33.4 Å². The highest BCUT2D eigenvalue weighted by Crippen LogP contribution is 2.56. The van der Waals surface area contributed by atoms with Gasteiger partial charge in [0.1, 0.15) is 23.4 Å². The normalized spacial score (nSPS) is 24.3. The summed E-state index contributed by atoms with van der Waals surface area (Å²) in [4.78, 5) is 63.6. The van der Waals surface area contributed by atoms with Crippen molar-refractivity contribution in [1.82, 2.24) is 20.0 Å². The quantitative estimate of drug-likeness (QED) is 0.209. The fourth-order valence-corrected chi connectivity index (χ4v) is 10.8. The van der Waals surface area contributed by atoms with E-state index < -0.39 is 23.3 Å². The molecule has 14 heteroatoms. The number of benzene rings is 3. The number of piperidine rings is 3. The first-order chi connectivity index (χ1) is 29.4. The van der Waals surface area contributed by atoms with Crippen LogP contribution in [-0.2, 0) is 20.9 Å². The smallest absolute Gasteiger partial charge is 0.255 e. The van der Waals surface area contributed by atoms with Crippen molar-refractivity contribution in [3.63, 3.8) is 0 Å². The Labute approximate surface area is 357 Å². The SMILES string of the molecule is COc1cc(N2CCC(CN3CCN(CC4CCN(c5ccc6c(c5)CN(C5CCC(=O)NC5=O)C6=O)CC4)CC3)CC2)cc(F)c1[C@@H]1N(c2ccccc2O)C(=O)C1(C)C. The van der Waals surface area contributed by atoms with E-state index in [1.165, 1.54) is 11.0 Å². The van der Waals surface area contributed by atoms with Gasteiger partial charge in [-0.05, 0) is 99.7 Å². The summed E-state index contributed by atoms with van der Waals surface area (Å²) < 4.78 is 22.0. The van der Waals surface area contributed by atoms with Gasteiger partial charge in [0.2, 0.25) is 17.7 Å². The second kappa shape index (κ2) is 16.6. The lowest BCUT2D eigenvalue weighted by Gasteiger charge is -2.53. The summed E-state index contributed by atoms with van der Waals surface area (Å²) in [6, 6.07) is 15.0. The molecule has 0 radical (unpaired) electrons. The molecule has 61 heavy (non-hydrogen) atoms. The number of phenols is 1. The Hall–Kier alpha value is -5.21. The minimum atomic E-state index is -0.872. The van der Waals surface area contributed by atoms with E-state index in [0.29, 0.717) is 47.4 Å². The molecule has 5 fully saturated rings. The molecule has 3 aromatic carbocycles. The minimum Gasteiger partial charge on any atom is -0.506 e. The molecule has 6 aliphatic heterocycles. The molecular weight excluding hydrogens is 778 g/mol. The van der Waals surface area contributed by atoms with E-state index >= 15 is 4.39 Å². The molecule has 1 unspecified atom stereocenters. The van der Waals surface area contributed by atoms with Crippen molar-refractivity contribution in [3.8, 4) is 11.5 Å². The molecule has 2 N–H and O–H groups in total. The topological polar surface area (TPSA) is 129 Å². The number of hydrogen-bond donors (Lipinski definition) is 2. The second-order valence-corrected chi connectivity index (χ2v) is 18.5. The van der Waals surface area contributed by atoms with Crippen LogP contribution in [0.2, 0.25) is 0 Å². The van der Waals surface area contributed by atoms with Gasteiger partial charge in [-0.1, -0.05) is 12.1 Å². The number of hydrogen-bond acceptors (Lipinski definition) is 10. The average Bonchev–Trinajstić information content (AvgIpc) is 3.58. The highest BCUT2D eigenvalue weighted by molar-refractivity contribution is 6.07. The largest absolute Gasteiger partial charge is 0.506 e. The predicted octanol–water partition coefficient (Wildman–Crippen LogP) is 5.17. The van der Waals surface area contributed by atoms with Gasteiger partial charge in [0.15, 0.2) is 0 Å². The van der Waals surface area contributed by atoms with Crippen molar-refractivity contribution in [2.45, 2.75) is 71.0 Å². The zero-order valence-corrected chi connectivity index (χ0v) is 35.6. The van der Waals surface area contributed by atoms with Gasteiger partial charge in [0.25, 0.3) is 5.91 Å². The Kier molecular flexibility index (Phi) is 11.2. The van der Waals surface area contributed by atoms with Crippen LogP contribution in [-0.4, -0.2) is 122 Å². The highest BCUT2D eigenvalue weighted by Gasteiger charge is 2.58. The monoisotopic (exact) mass is 835 g/mol. The lowest BCUT2D eigenvalue weighted by Crippen LogP contribution is -2.61. The molecule has 0 aromatic heterocycles. The lowest BCUT2D eigenvalue weighted by molar-refractivity contribution is -0.138. The molecule has 0 saturated carbocycles. The second-order valence-electron chi connectivity index (χ2n) is 18.5. The first kappa shape index (κ1) is 41.2. The molecule has 324 valence electrons. The van der Waals surface area contributed by atoms with Crippen molar-refractivity contribution in [1.29, 1.82) is 0 Å². The molecule has 0 aliphatic carbocycles. The van der Waals surface area contributed by atoms with E-state index in [-0.39, 0.29) is 35.8 Å². The molecule has 13 nitrogen and oxygen atoms in total. The van der Waals surface area contributed by atoms with Crippen LogP contribution in [0.25, 0.3) is 0 Å². The fraction of sp³-hybridized carbons (Fsp3) is 0.532. The average molecular weight is 836 g/mol. The Morgan fingerprint density at radius 3 is 2.02 bits per heavy atom. The van der Waals surface area contributed by atoms with Crippen LogP contribution in [0.3, 0.4) is 0 Å². The molecule has 9 rings (SSSR count). The van der Waals surface area contributed by atoms with Crippen LogP contribution in [0, 0.1) is 23.1 Å². The third-order valence-electron chi connectivity index (χ3n) is 14.4. The third-order valence-corrected chi connectivity index (χ3v) is 14.4. The van der Waals surface area contributed by atoms with Crippen LogP contribution < -0.4 is 24.8 Å². The number of amides is 4. The molecule has 6 heterocycles. The summed E-state index contributed by atoms with van der Waals surface area (Å²) in [7, 11) is 1.54. The Morgan fingerprint density at radius 2 is 1.41 bits per heavy atom. The standard InChI is InChI=1S/C47H58FN7O6/c1-47(2)43(55(46(47)60)37-6-4-5-7-39(37)56)42-36(48)25-34(26-40(42)61-3)53-18-14-31(15-19-53)28-51-22-20-50(21-23-51)27-30-12-16-52(17-13-30)33-8-9-35-32(24-33)29-54(45(35)59)38-10-11-41(57)49-44(38)58/h4-9,24-26,30-31,38,43,56H,10-23,27-29H2,1-3H3,(H,49,57,58)/t38?,43-/m0/s1. The number of aromatic hydroxyl groups is 1. The number of β-lactam (4-membered cyclic amide) rings is 1. The number of phenolic OH excluding ortho intramolecular Hbond substituents is 1. The van der Waals surface area contributed by atoms with Crippen LogP contribution in [0.1, 0.15) is 79.9 Å². The number of nitrogens with zero attached hydrogens (tertiary/aromatic N) is 6. The maximum absolute atomic E-state index is 16.2. The highest BCUT2D eigenvalue weighted by atomic mass is 19.1. The number of halogens is 1. The van der Waals surface area contributed by atoms with E-state index in [4.69, 9.17) is 4.74 Å². The van der Waals surface area contributed by atoms with Gasteiger partial charge in [0, 0.05) is 101 Å². The van der Waals surface area contributed by atoms with Crippen molar-refractivity contribution in [2.24, 2.45) is 17.3 Å². The summed E-state index contributed by atoms with van der Waals surface area (Å²) in [5.41, 5.74) is 3.34. The van der Waals surface area contributed by atoms with Gasteiger partial charge in [-0.2, -0.15) is 0 Å². The molecule has 3 aromatic rings. The number of imide groups is 1. The number of carbonyl (C=O) groups is 4. The number of ether oxygens (including phenoxy) is 1. The van der Waals surface area contributed by atoms with Gasteiger partial charge in [-0.25, -0.2) is 4.39 Å². The summed E-state index contributed by atoms with van der Waals surface area (Å²) in [6.07, 6.45) is 4.95. The number of nitrogens with one attached hydrogen (secondary N) is 1. The van der Waals surface area contributed by atoms with Gasteiger partial charge >= 0.3 is 0 Å². The van der Waals surface area contributed by atoms with Crippen molar-refractivity contribution >= 4 is 40.7 Å². The Bertz CT molecular complexity index is 2190. The number of methoxy groups -OCH3 is 1. The van der Waals surface area contributed by atoms with Gasteiger partial charge in [-0.15, -0.1) is 0 Å². The van der Waals surface area contributed by atoms with E-state index in [1.807, 2.05) is 32.0 Å². The summed E-state index contributed by atoms with van der Waals surface area (Å²) >= 11 is 0. The van der Waals surface area contributed by atoms with E-state index in [2.05, 4.69) is 31.0 Å². The first-order valence-corrected chi connectivity index (χ1v) is 22.1. The van der Waals surface area contributed by atoms with Crippen LogP contribution in [0.5, 0.6) is 11.5 Å². The van der Waals surface area contributed by atoms with Crippen LogP contribution in [0.4, 0.5) is 21.5 Å². The maximum Gasteiger partial charge on any atom is 0.255 e. The Morgan fingerprint density at radius 1 is 0.787 bits per heavy atom. The molecule has 0 spiro atoms. The number of rotatable bonds is 10. The van der Waals surface area contributed by atoms with E-state index in [0.717, 1.165) is 108 Å². The van der Waals surface area contributed by atoms with E-state index in [1.54, 1.807) is 36.3 Å². The first-order valence-electron chi connectivity index (χ1n) is 22.1. The van der Waals surface area contributed by atoms with Gasteiger partial charge in [0.05, 0.1) is 29.8 Å². The van der Waals surface area contributed by atoms with Crippen LogP contribution >= 0.6 is 0 Å². The molecule has 4 amide bonds. The number of para-hydroxylation sites is 2. The predicted molar refractivity (Wildman–Crippen MR) is 230 cm³/mol. The van der Waals surface area contributed by atoms with Crippen molar-refractivity contribution in [2.75, 3.05) is 87.3 Å². The number of piperazine rings is 1. The number of fused-ring (bicyclic) bond motifs is 1. The fourth-order valence-electron chi connectivity index (χ4n) is 10.8. The third kappa shape index (κ3) is 7.81. The van der Waals surface area contributed by atoms with Crippen LogP contribution in [0.15, 0.2) is 54.6 Å². The van der Waals surface area contributed by atoms with E-state index in [9.17, 15) is 24.3 Å². The summed E-state index contributed by atoms with van der Waals surface area (Å²) in [5, 5.41) is 12.9. The minimum absolute atomic E-state index is 0.0242. The summed E-state index contributed by atoms with van der Waals surface area (Å²) in [6.45, 7) is 14.2. The zero-order valence-electron chi connectivity index (χ0n) is 35.6.